The fourth-order valence-corrected chi connectivity index (χ4v) is 2.01. The van der Waals surface area contributed by atoms with Crippen molar-refractivity contribution in [2.24, 2.45) is 0 Å². The van der Waals surface area contributed by atoms with E-state index in [1.807, 2.05) is 13.0 Å². The van der Waals surface area contributed by atoms with Gasteiger partial charge in [0.2, 0.25) is 5.95 Å². The number of nitrogens with zero attached hydrogens (tertiary/aromatic N) is 3. The summed E-state index contributed by atoms with van der Waals surface area (Å²) in [5, 5.41) is 12.1. The highest BCUT2D eigenvalue weighted by molar-refractivity contribution is 5.78. The van der Waals surface area contributed by atoms with Crippen molar-refractivity contribution in [3.8, 4) is 0 Å². The van der Waals surface area contributed by atoms with Crippen LogP contribution in [0.2, 0.25) is 0 Å². The lowest BCUT2D eigenvalue weighted by atomic mass is 10.0. The van der Waals surface area contributed by atoms with E-state index in [4.69, 9.17) is 0 Å². The maximum atomic E-state index is 13.6. The van der Waals surface area contributed by atoms with Gasteiger partial charge in [-0.15, -0.1) is 0 Å². The summed E-state index contributed by atoms with van der Waals surface area (Å²) in [6, 6.07) is 6.11. The molecule has 2 N–H and O–H groups in total. The second-order valence-corrected chi connectivity index (χ2v) is 5.09. The number of carbonyl (C=O) groups is 1. The van der Waals surface area contributed by atoms with Gasteiger partial charge in [-0.05, 0) is 12.5 Å². The lowest BCUT2D eigenvalue weighted by Gasteiger charge is -2.17. The van der Waals surface area contributed by atoms with Crippen molar-refractivity contribution in [3.63, 3.8) is 0 Å². The molecule has 0 saturated carbocycles. The van der Waals surface area contributed by atoms with Crippen LogP contribution in [0, 0.1) is 12.7 Å². The van der Waals surface area contributed by atoms with Crippen LogP contribution in [0.25, 0.3) is 0 Å². The maximum Gasteiger partial charge on any atom is 0.330 e. The molecular weight excluding hydrogens is 287 g/mol. The molecule has 0 saturated heterocycles. The van der Waals surface area contributed by atoms with Gasteiger partial charge in [-0.1, -0.05) is 29.8 Å². The van der Waals surface area contributed by atoms with Gasteiger partial charge in [-0.2, -0.15) is 4.98 Å². The number of rotatable bonds is 5. The topological polar surface area (TPSA) is 78.4 Å². The van der Waals surface area contributed by atoms with Crippen molar-refractivity contribution in [3.05, 3.63) is 47.4 Å². The summed E-state index contributed by atoms with van der Waals surface area (Å²) >= 11 is 0. The van der Waals surface area contributed by atoms with Gasteiger partial charge >= 0.3 is 5.97 Å². The highest BCUT2D eigenvalue weighted by Gasteiger charge is 2.21. The van der Waals surface area contributed by atoms with Crippen molar-refractivity contribution >= 4 is 17.7 Å². The zero-order valence-corrected chi connectivity index (χ0v) is 12.5. The number of aliphatic carboxylic acids is 1. The van der Waals surface area contributed by atoms with E-state index in [2.05, 4.69) is 15.3 Å². The zero-order chi connectivity index (χ0) is 16.3. The molecule has 116 valence electrons. The Hall–Kier alpha value is -2.70. The van der Waals surface area contributed by atoms with E-state index in [9.17, 15) is 14.3 Å². The maximum absolute atomic E-state index is 13.6. The minimum absolute atomic E-state index is 0.0546. The van der Waals surface area contributed by atoms with Gasteiger partial charge in [-0.3, -0.25) is 0 Å². The second kappa shape index (κ2) is 6.38. The summed E-state index contributed by atoms with van der Waals surface area (Å²) in [7, 11) is 3.29. The van der Waals surface area contributed by atoms with Crippen LogP contribution in [0.4, 0.5) is 16.2 Å². The Morgan fingerprint density at radius 3 is 2.73 bits per heavy atom. The number of hydrogen-bond donors (Lipinski definition) is 2. The molecule has 2 aromatic rings. The van der Waals surface area contributed by atoms with Gasteiger partial charge in [0, 0.05) is 14.1 Å². The van der Waals surface area contributed by atoms with Crippen LogP contribution in [-0.2, 0) is 4.79 Å². The van der Waals surface area contributed by atoms with Crippen molar-refractivity contribution < 1.29 is 14.3 Å². The summed E-state index contributed by atoms with van der Waals surface area (Å²) in [6.45, 7) is 1.88. The second-order valence-electron chi connectivity index (χ2n) is 5.09. The molecule has 0 spiro atoms. The number of hydrogen-bond acceptors (Lipinski definition) is 5. The van der Waals surface area contributed by atoms with Crippen LogP contribution in [-0.4, -0.2) is 35.1 Å². The first-order valence-corrected chi connectivity index (χ1v) is 6.64. The molecule has 0 bridgehead atoms. The van der Waals surface area contributed by atoms with Crippen LogP contribution in [0.15, 0.2) is 30.5 Å². The predicted molar refractivity (Wildman–Crippen MR) is 81.5 cm³/mol. The van der Waals surface area contributed by atoms with Gasteiger partial charge in [0.15, 0.2) is 17.7 Å². The van der Waals surface area contributed by atoms with E-state index < -0.39 is 17.8 Å². The van der Waals surface area contributed by atoms with Crippen LogP contribution >= 0.6 is 0 Å². The fourth-order valence-electron chi connectivity index (χ4n) is 2.01. The standard InChI is InChI=1S/C15H17FN4O2/c1-9-5-4-6-10(7-9)12(14(21)22)18-15-17-8-11(16)13(19-15)20(2)3/h4-8,12H,1-3H3,(H,21,22)(H,17,18,19). The number of nitrogens with one attached hydrogen (secondary N) is 1. The third-order valence-electron chi connectivity index (χ3n) is 3.05. The zero-order valence-electron chi connectivity index (χ0n) is 12.5. The normalized spacial score (nSPS) is 11.8. The molecule has 0 aliphatic heterocycles. The third-order valence-corrected chi connectivity index (χ3v) is 3.05. The minimum Gasteiger partial charge on any atom is -0.479 e. The average Bonchev–Trinajstić information content (AvgIpc) is 2.45. The number of aryl methyl sites for hydroxylation is 1. The molecule has 7 heteroatoms. The molecule has 1 unspecified atom stereocenters. The molecule has 1 aromatic heterocycles. The lowest BCUT2D eigenvalue weighted by Crippen LogP contribution is -2.23. The Balaban J connectivity index is 2.33. The molecule has 0 aliphatic rings. The van der Waals surface area contributed by atoms with Crippen molar-refractivity contribution in [1.82, 2.24) is 9.97 Å². The summed E-state index contributed by atoms with van der Waals surface area (Å²) in [5.41, 5.74) is 1.52. The number of halogens is 1. The first-order chi connectivity index (χ1) is 10.4. The molecule has 0 amide bonds. The highest BCUT2D eigenvalue weighted by Crippen LogP contribution is 2.21. The van der Waals surface area contributed by atoms with E-state index in [-0.39, 0.29) is 11.8 Å². The first-order valence-electron chi connectivity index (χ1n) is 6.64. The fraction of sp³-hybridized carbons (Fsp3) is 0.267. The van der Waals surface area contributed by atoms with Crippen molar-refractivity contribution in [1.29, 1.82) is 0 Å². The molecule has 2 rings (SSSR count). The van der Waals surface area contributed by atoms with Gasteiger partial charge in [-0.25, -0.2) is 14.2 Å². The number of aromatic nitrogens is 2. The van der Waals surface area contributed by atoms with E-state index in [1.165, 1.54) is 4.90 Å². The van der Waals surface area contributed by atoms with Gasteiger partial charge in [0.05, 0.1) is 6.20 Å². The summed E-state index contributed by atoms with van der Waals surface area (Å²) < 4.78 is 13.6. The summed E-state index contributed by atoms with van der Waals surface area (Å²) in [5.74, 6) is -1.49. The summed E-state index contributed by atoms with van der Waals surface area (Å²) in [6.07, 6.45) is 1.01. The SMILES string of the molecule is Cc1cccc(C(Nc2ncc(F)c(N(C)C)n2)C(=O)O)c1. The van der Waals surface area contributed by atoms with Crippen molar-refractivity contribution in [2.45, 2.75) is 13.0 Å². The Bertz CT molecular complexity index is 691. The smallest absolute Gasteiger partial charge is 0.330 e. The Morgan fingerprint density at radius 2 is 2.14 bits per heavy atom. The summed E-state index contributed by atoms with van der Waals surface area (Å²) in [4.78, 5) is 20.8. The van der Waals surface area contributed by atoms with E-state index in [0.29, 0.717) is 5.56 Å². The van der Waals surface area contributed by atoms with Crippen LogP contribution in [0.5, 0.6) is 0 Å². The van der Waals surface area contributed by atoms with Gasteiger partial charge < -0.3 is 15.3 Å². The van der Waals surface area contributed by atoms with Gasteiger partial charge in [0.1, 0.15) is 0 Å². The quantitative estimate of drug-likeness (QED) is 0.882. The monoisotopic (exact) mass is 304 g/mol. The number of carboxylic acids is 1. The molecule has 0 fully saturated rings. The molecule has 22 heavy (non-hydrogen) atoms. The molecule has 1 heterocycles. The molecule has 0 aliphatic carbocycles. The van der Waals surface area contributed by atoms with E-state index >= 15 is 0 Å². The van der Waals surface area contributed by atoms with Crippen LogP contribution < -0.4 is 10.2 Å². The van der Waals surface area contributed by atoms with Crippen LogP contribution in [0.1, 0.15) is 17.2 Å². The highest BCUT2D eigenvalue weighted by atomic mass is 19.1. The Labute approximate surface area is 127 Å². The Kier molecular flexibility index (Phi) is 4.55. The molecule has 0 radical (unpaired) electrons. The van der Waals surface area contributed by atoms with Crippen LogP contribution in [0.3, 0.4) is 0 Å². The molecule has 1 atom stereocenters. The largest absolute Gasteiger partial charge is 0.479 e. The minimum atomic E-state index is -1.06. The molecule has 1 aromatic carbocycles. The van der Waals surface area contributed by atoms with E-state index in [0.717, 1.165) is 11.8 Å². The molecular formula is C15H17FN4O2. The predicted octanol–water partition coefficient (Wildman–Crippen LogP) is 2.23. The average molecular weight is 304 g/mol. The van der Waals surface area contributed by atoms with Crippen molar-refractivity contribution in [2.75, 3.05) is 24.3 Å². The number of benzene rings is 1. The lowest BCUT2D eigenvalue weighted by molar-refractivity contribution is -0.138. The number of carboxylic acid groups (broad SMARTS) is 1. The Morgan fingerprint density at radius 1 is 1.41 bits per heavy atom. The number of anilines is 2. The van der Waals surface area contributed by atoms with E-state index in [1.54, 1.807) is 32.3 Å². The van der Waals surface area contributed by atoms with Gasteiger partial charge in [0.25, 0.3) is 0 Å². The molecule has 6 nitrogen and oxygen atoms in total. The third kappa shape index (κ3) is 3.49. The first kappa shape index (κ1) is 15.7.